The molecule has 1 atom stereocenters. The van der Waals surface area contributed by atoms with Crippen LogP contribution in [-0.4, -0.2) is 57.1 Å². The van der Waals surface area contributed by atoms with Crippen molar-refractivity contribution in [2.45, 2.75) is 39.0 Å². The highest BCUT2D eigenvalue weighted by Crippen LogP contribution is 2.25. The molecule has 0 saturated carbocycles. The van der Waals surface area contributed by atoms with Gasteiger partial charge in [0.25, 0.3) is 0 Å². The Balaban J connectivity index is 2.01. The molecule has 1 aromatic rings. The maximum absolute atomic E-state index is 12.7. The molecule has 0 aliphatic carbocycles. The molecule has 0 N–H and O–H groups in total. The van der Waals surface area contributed by atoms with Crippen LogP contribution in [0, 0.1) is 0 Å². The van der Waals surface area contributed by atoms with E-state index in [1.165, 1.54) is 4.90 Å². The van der Waals surface area contributed by atoms with Gasteiger partial charge in [0.1, 0.15) is 11.6 Å². The van der Waals surface area contributed by atoms with Gasteiger partial charge in [-0.3, -0.25) is 14.7 Å². The Hall–Kier alpha value is -1.76. The lowest BCUT2D eigenvalue weighted by Gasteiger charge is -2.29. The lowest BCUT2D eigenvalue weighted by Crippen LogP contribution is -2.49. The van der Waals surface area contributed by atoms with Crippen molar-refractivity contribution in [2.24, 2.45) is 0 Å². The van der Waals surface area contributed by atoms with Crippen molar-refractivity contribution in [1.29, 1.82) is 0 Å². The Labute approximate surface area is 141 Å². The van der Waals surface area contributed by atoms with Gasteiger partial charge in [-0.2, -0.15) is 0 Å². The molecule has 0 bridgehead atoms. The lowest BCUT2D eigenvalue weighted by atomic mass is 10.2. The summed E-state index contributed by atoms with van der Waals surface area (Å²) in [7, 11) is 1.73. The van der Waals surface area contributed by atoms with Gasteiger partial charge in [0.2, 0.25) is 5.91 Å². The number of rotatable bonds is 3. The van der Waals surface area contributed by atoms with E-state index in [0.717, 1.165) is 5.69 Å². The van der Waals surface area contributed by atoms with E-state index in [2.05, 4.69) is 4.98 Å². The summed E-state index contributed by atoms with van der Waals surface area (Å²) in [5.74, 6) is 0.972. The van der Waals surface area contributed by atoms with Crippen LogP contribution in [0.5, 0.6) is 0 Å². The quantitative estimate of drug-likeness (QED) is 0.847. The number of hydrogen-bond acceptors (Lipinski definition) is 5. The van der Waals surface area contributed by atoms with Crippen molar-refractivity contribution in [3.05, 3.63) is 30.1 Å². The van der Waals surface area contributed by atoms with E-state index < -0.39 is 17.7 Å². The highest BCUT2D eigenvalue weighted by Gasteiger charge is 2.38. The van der Waals surface area contributed by atoms with Gasteiger partial charge < -0.3 is 9.64 Å². The maximum atomic E-state index is 12.7. The molecule has 6 nitrogen and oxygen atoms in total. The molecule has 1 aliphatic heterocycles. The minimum absolute atomic E-state index is 0.0912. The summed E-state index contributed by atoms with van der Waals surface area (Å²) in [4.78, 5) is 32.3. The molecule has 1 aromatic heterocycles. The van der Waals surface area contributed by atoms with Gasteiger partial charge in [0.05, 0.1) is 18.1 Å². The fourth-order valence-corrected chi connectivity index (χ4v) is 3.35. The molecule has 0 aromatic carbocycles. The number of thioether (sulfide) groups is 1. The smallest absolute Gasteiger partial charge is 0.411 e. The van der Waals surface area contributed by atoms with Gasteiger partial charge in [-0.25, -0.2) is 4.79 Å². The van der Waals surface area contributed by atoms with Crippen molar-refractivity contribution in [1.82, 2.24) is 14.8 Å². The first-order valence-corrected chi connectivity index (χ1v) is 8.65. The molecule has 0 unspecified atom stereocenters. The maximum Gasteiger partial charge on any atom is 0.411 e. The van der Waals surface area contributed by atoms with Crippen LogP contribution in [0.25, 0.3) is 0 Å². The van der Waals surface area contributed by atoms with E-state index in [1.54, 1.807) is 29.9 Å². The highest BCUT2D eigenvalue weighted by molar-refractivity contribution is 7.99. The van der Waals surface area contributed by atoms with Crippen LogP contribution >= 0.6 is 11.8 Å². The molecule has 23 heavy (non-hydrogen) atoms. The molecule has 7 heteroatoms. The van der Waals surface area contributed by atoms with E-state index >= 15 is 0 Å². The zero-order chi connectivity index (χ0) is 17.0. The average molecular weight is 337 g/mol. The van der Waals surface area contributed by atoms with E-state index in [9.17, 15) is 9.59 Å². The van der Waals surface area contributed by atoms with Gasteiger partial charge in [-0.1, -0.05) is 6.07 Å². The Bertz CT molecular complexity index is 559. The fourth-order valence-electron chi connectivity index (χ4n) is 2.21. The molecule has 1 saturated heterocycles. The first-order chi connectivity index (χ1) is 10.8. The summed E-state index contributed by atoms with van der Waals surface area (Å²) in [5, 5.41) is 0. The Morgan fingerprint density at radius 3 is 2.78 bits per heavy atom. The predicted molar refractivity (Wildman–Crippen MR) is 89.9 cm³/mol. The fraction of sp³-hybridized carbons (Fsp3) is 0.562. The molecule has 0 spiro atoms. The van der Waals surface area contributed by atoms with Crippen LogP contribution in [0.2, 0.25) is 0 Å². The lowest BCUT2D eigenvalue weighted by molar-refractivity contribution is -0.134. The van der Waals surface area contributed by atoms with E-state index in [1.807, 2.05) is 39.0 Å². The normalized spacial score (nSPS) is 17.9. The summed E-state index contributed by atoms with van der Waals surface area (Å²) >= 11 is 1.56. The Kier molecular flexibility index (Phi) is 5.51. The third-order valence-corrected chi connectivity index (χ3v) is 4.31. The minimum Gasteiger partial charge on any atom is -0.444 e. The molecule has 126 valence electrons. The molecule has 2 heterocycles. The van der Waals surface area contributed by atoms with Crippen LogP contribution in [-0.2, 0) is 16.1 Å². The molecule has 2 amide bonds. The largest absolute Gasteiger partial charge is 0.444 e. The summed E-state index contributed by atoms with van der Waals surface area (Å²) in [6, 6.07) is 5.12. The van der Waals surface area contributed by atoms with Crippen LogP contribution in [0.1, 0.15) is 26.5 Å². The second-order valence-electron chi connectivity index (χ2n) is 6.48. The minimum atomic E-state index is -0.572. The van der Waals surface area contributed by atoms with Gasteiger partial charge in [-0.05, 0) is 32.9 Å². The number of likely N-dealkylation sites (N-methyl/N-ethyl adjacent to an activating group) is 1. The van der Waals surface area contributed by atoms with Crippen molar-refractivity contribution in [2.75, 3.05) is 18.7 Å². The van der Waals surface area contributed by atoms with Gasteiger partial charge in [0.15, 0.2) is 0 Å². The molecule has 0 radical (unpaired) electrons. The molecule has 2 rings (SSSR count). The topological polar surface area (TPSA) is 62.7 Å². The number of carbonyl (C=O) groups excluding carboxylic acids is 2. The number of carbonyl (C=O) groups is 2. The van der Waals surface area contributed by atoms with Crippen molar-refractivity contribution in [3.8, 4) is 0 Å². The zero-order valence-corrected chi connectivity index (χ0v) is 14.8. The summed E-state index contributed by atoms with van der Waals surface area (Å²) < 4.78 is 5.39. The number of pyridine rings is 1. The van der Waals surface area contributed by atoms with Crippen LogP contribution in [0.15, 0.2) is 24.4 Å². The van der Waals surface area contributed by atoms with E-state index in [4.69, 9.17) is 4.74 Å². The first-order valence-electron chi connectivity index (χ1n) is 7.50. The summed E-state index contributed by atoms with van der Waals surface area (Å²) in [5.41, 5.74) is 0.246. The van der Waals surface area contributed by atoms with Crippen molar-refractivity contribution in [3.63, 3.8) is 0 Å². The second kappa shape index (κ2) is 7.21. The second-order valence-corrected chi connectivity index (χ2v) is 7.48. The van der Waals surface area contributed by atoms with Crippen LogP contribution in [0.3, 0.4) is 0 Å². The standard InChI is InChI=1S/C16H23N3O3S/c1-16(2,3)22-15(21)19-11-23-10-13(19)14(20)18(4)9-12-7-5-6-8-17-12/h5-8,13H,9-11H2,1-4H3/t13-/m1/s1. The van der Waals surface area contributed by atoms with E-state index in [0.29, 0.717) is 18.2 Å². The number of ether oxygens (including phenoxy) is 1. The zero-order valence-electron chi connectivity index (χ0n) is 14.0. The Morgan fingerprint density at radius 2 is 2.17 bits per heavy atom. The predicted octanol–water partition coefficient (Wildman–Crippen LogP) is 2.35. The molecule has 1 aliphatic rings. The summed E-state index contributed by atoms with van der Waals surface area (Å²) in [6.07, 6.45) is 1.26. The van der Waals surface area contributed by atoms with Crippen molar-refractivity contribution >= 4 is 23.8 Å². The number of hydrogen-bond donors (Lipinski definition) is 0. The highest BCUT2D eigenvalue weighted by atomic mass is 32.2. The molecular formula is C16H23N3O3S. The van der Waals surface area contributed by atoms with Gasteiger partial charge >= 0.3 is 6.09 Å². The van der Waals surface area contributed by atoms with Gasteiger partial charge in [-0.15, -0.1) is 11.8 Å². The van der Waals surface area contributed by atoms with Gasteiger partial charge in [0, 0.05) is 19.0 Å². The van der Waals surface area contributed by atoms with Crippen LogP contribution < -0.4 is 0 Å². The number of amides is 2. The third-order valence-electron chi connectivity index (χ3n) is 3.30. The summed E-state index contributed by atoms with van der Waals surface area (Å²) in [6.45, 7) is 5.87. The average Bonchev–Trinajstić information content (AvgIpc) is 2.95. The third kappa shape index (κ3) is 4.86. The molecule has 1 fully saturated rings. The number of aromatic nitrogens is 1. The number of nitrogens with zero attached hydrogens (tertiary/aromatic N) is 3. The molecular weight excluding hydrogens is 314 g/mol. The SMILES string of the molecule is CN(Cc1ccccn1)C(=O)[C@H]1CSCN1C(=O)OC(C)(C)C. The van der Waals surface area contributed by atoms with Crippen LogP contribution in [0.4, 0.5) is 4.79 Å². The Morgan fingerprint density at radius 1 is 1.43 bits per heavy atom. The monoisotopic (exact) mass is 337 g/mol. The first kappa shape index (κ1) is 17.6. The van der Waals surface area contributed by atoms with E-state index in [-0.39, 0.29) is 5.91 Å². The van der Waals surface area contributed by atoms with Crippen molar-refractivity contribution < 1.29 is 14.3 Å².